The molecular weight excluding hydrogens is 420 g/mol. The van der Waals surface area contributed by atoms with Crippen molar-refractivity contribution < 1.29 is 23.7 Å². The molecule has 0 aliphatic carbocycles. The fourth-order valence-corrected chi connectivity index (χ4v) is 3.43. The van der Waals surface area contributed by atoms with Crippen molar-refractivity contribution in [1.29, 1.82) is 0 Å². The first-order valence-electron chi connectivity index (χ1n) is 10.3. The summed E-state index contributed by atoms with van der Waals surface area (Å²) in [6.45, 7) is 0.322. The standard InChI is InChI=1S/C26H24N2O5/c1-30-22-14-19(15-23(31-2)25(22)32-3)24(29)21-16-28(20-12-8-5-9-13-20)26(27-21)33-17-18-10-6-4-7-11-18/h4-16H,17H2,1-3H3. The molecule has 4 rings (SSSR count). The van der Waals surface area contributed by atoms with Crippen molar-refractivity contribution in [2.24, 2.45) is 0 Å². The molecule has 1 heterocycles. The lowest BCUT2D eigenvalue weighted by molar-refractivity contribution is 0.103. The van der Waals surface area contributed by atoms with Crippen LogP contribution in [-0.2, 0) is 6.61 Å². The van der Waals surface area contributed by atoms with E-state index < -0.39 is 0 Å². The van der Waals surface area contributed by atoms with Gasteiger partial charge in [-0.3, -0.25) is 9.36 Å². The second-order valence-electron chi connectivity index (χ2n) is 7.13. The van der Waals surface area contributed by atoms with E-state index in [4.69, 9.17) is 18.9 Å². The van der Waals surface area contributed by atoms with Gasteiger partial charge in [-0.1, -0.05) is 48.5 Å². The quantitative estimate of drug-likeness (QED) is 0.348. The van der Waals surface area contributed by atoms with E-state index in [9.17, 15) is 4.79 Å². The van der Waals surface area contributed by atoms with E-state index in [1.807, 2.05) is 60.7 Å². The molecule has 0 amide bonds. The van der Waals surface area contributed by atoms with Gasteiger partial charge in [0.2, 0.25) is 11.5 Å². The van der Waals surface area contributed by atoms with Crippen LogP contribution < -0.4 is 18.9 Å². The number of aromatic nitrogens is 2. The van der Waals surface area contributed by atoms with Gasteiger partial charge in [0.1, 0.15) is 12.3 Å². The number of hydrogen-bond donors (Lipinski definition) is 0. The molecule has 0 fully saturated rings. The Kier molecular flexibility index (Phi) is 6.59. The largest absolute Gasteiger partial charge is 0.493 e. The first-order chi connectivity index (χ1) is 16.1. The maximum absolute atomic E-state index is 13.4. The molecule has 0 saturated carbocycles. The molecule has 0 saturated heterocycles. The normalized spacial score (nSPS) is 10.5. The molecular formula is C26H24N2O5. The topological polar surface area (TPSA) is 71.8 Å². The Morgan fingerprint density at radius 1 is 0.848 bits per heavy atom. The monoisotopic (exact) mass is 444 g/mol. The molecule has 3 aromatic carbocycles. The molecule has 1 aromatic heterocycles. The van der Waals surface area contributed by atoms with Crippen molar-refractivity contribution in [3.05, 3.63) is 95.8 Å². The SMILES string of the molecule is COc1cc(C(=O)c2cn(-c3ccccc3)c(OCc3ccccc3)n2)cc(OC)c1OC. The van der Waals surface area contributed by atoms with Crippen molar-refractivity contribution in [2.45, 2.75) is 6.61 Å². The van der Waals surface area contributed by atoms with E-state index in [0.29, 0.717) is 35.4 Å². The molecule has 0 atom stereocenters. The van der Waals surface area contributed by atoms with E-state index >= 15 is 0 Å². The van der Waals surface area contributed by atoms with Crippen LogP contribution in [0.3, 0.4) is 0 Å². The first kappa shape index (κ1) is 22.0. The summed E-state index contributed by atoms with van der Waals surface area (Å²) in [4.78, 5) is 17.9. The number of nitrogens with zero attached hydrogens (tertiary/aromatic N) is 2. The molecule has 0 radical (unpaired) electrons. The molecule has 4 aromatic rings. The summed E-state index contributed by atoms with van der Waals surface area (Å²) in [5.41, 5.74) is 2.42. The molecule has 168 valence electrons. The smallest absolute Gasteiger partial charge is 0.302 e. The van der Waals surface area contributed by atoms with Gasteiger partial charge in [0.15, 0.2) is 11.5 Å². The third kappa shape index (κ3) is 4.67. The summed E-state index contributed by atoms with van der Waals surface area (Å²) >= 11 is 0. The van der Waals surface area contributed by atoms with Crippen LogP contribution in [0.15, 0.2) is 79.0 Å². The van der Waals surface area contributed by atoms with E-state index in [0.717, 1.165) is 11.3 Å². The highest BCUT2D eigenvalue weighted by atomic mass is 16.5. The number of rotatable bonds is 9. The van der Waals surface area contributed by atoms with Gasteiger partial charge in [-0.2, -0.15) is 4.98 Å². The number of imidazole rings is 1. The molecule has 0 N–H and O–H groups in total. The predicted molar refractivity (Wildman–Crippen MR) is 124 cm³/mol. The Morgan fingerprint density at radius 3 is 2.03 bits per heavy atom. The molecule has 0 bridgehead atoms. The second-order valence-corrected chi connectivity index (χ2v) is 7.13. The van der Waals surface area contributed by atoms with Gasteiger partial charge in [-0.25, -0.2) is 0 Å². The number of ether oxygens (including phenoxy) is 4. The molecule has 0 aliphatic heterocycles. The van der Waals surface area contributed by atoms with E-state index in [-0.39, 0.29) is 11.5 Å². The highest BCUT2D eigenvalue weighted by molar-refractivity contribution is 6.08. The van der Waals surface area contributed by atoms with Crippen molar-refractivity contribution in [3.63, 3.8) is 0 Å². The third-order valence-corrected chi connectivity index (χ3v) is 5.08. The maximum atomic E-state index is 13.4. The summed E-state index contributed by atoms with van der Waals surface area (Å²) in [6.07, 6.45) is 1.67. The minimum Gasteiger partial charge on any atom is -0.493 e. The van der Waals surface area contributed by atoms with E-state index in [2.05, 4.69) is 4.98 Å². The van der Waals surface area contributed by atoms with Gasteiger partial charge in [0.05, 0.1) is 27.0 Å². The molecule has 7 nitrogen and oxygen atoms in total. The highest BCUT2D eigenvalue weighted by Crippen LogP contribution is 2.38. The van der Waals surface area contributed by atoms with Crippen molar-refractivity contribution >= 4 is 5.78 Å². The van der Waals surface area contributed by atoms with Crippen LogP contribution in [0.4, 0.5) is 0 Å². The Labute approximate surface area is 192 Å². The molecule has 0 unspecified atom stereocenters. The van der Waals surface area contributed by atoms with Gasteiger partial charge < -0.3 is 18.9 Å². The van der Waals surface area contributed by atoms with E-state index in [1.165, 1.54) is 21.3 Å². The van der Waals surface area contributed by atoms with Gasteiger partial charge >= 0.3 is 6.01 Å². The summed E-state index contributed by atoms with van der Waals surface area (Å²) in [6, 6.07) is 22.9. The summed E-state index contributed by atoms with van der Waals surface area (Å²) in [5.74, 6) is 0.901. The zero-order chi connectivity index (χ0) is 23.2. The predicted octanol–water partition coefficient (Wildman–Crippen LogP) is 4.71. The van der Waals surface area contributed by atoms with Crippen LogP contribution in [-0.4, -0.2) is 36.7 Å². The number of carbonyl (C=O) groups is 1. The number of hydrogen-bond acceptors (Lipinski definition) is 6. The lowest BCUT2D eigenvalue weighted by Gasteiger charge is -2.13. The van der Waals surface area contributed by atoms with Gasteiger partial charge in [0.25, 0.3) is 0 Å². The number of benzene rings is 3. The fourth-order valence-electron chi connectivity index (χ4n) is 3.43. The number of methoxy groups -OCH3 is 3. The van der Waals surface area contributed by atoms with Crippen molar-refractivity contribution in [2.75, 3.05) is 21.3 Å². The Bertz CT molecular complexity index is 1210. The molecule has 0 aliphatic rings. The van der Waals surface area contributed by atoms with Crippen molar-refractivity contribution in [3.8, 4) is 28.9 Å². The first-order valence-corrected chi connectivity index (χ1v) is 10.3. The van der Waals surface area contributed by atoms with Crippen LogP contribution >= 0.6 is 0 Å². The van der Waals surface area contributed by atoms with Gasteiger partial charge in [-0.15, -0.1) is 0 Å². The zero-order valence-electron chi connectivity index (χ0n) is 18.6. The summed E-state index contributed by atoms with van der Waals surface area (Å²) in [5, 5.41) is 0. The summed E-state index contributed by atoms with van der Waals surface area (Å²) in [7, 11) is 4.52. The number of ketones is 1. The fraction of sp³-hybridized carbons (Fsp3) is 0.154. The lowest BCUT2D eigenvalue weighted by atomic mass is 10.1. The van der Waals surface area contributed by atoms with Gasteiger partial charge in [0, 0.05) is 11.8 Å². The zero-order valence-corrected chi connectivity index (χ0v) is 18.6. The Hall–Kier alpha value is -4.26. The lowest BCUT2D eigenvalue weighted by Crippen LogP contribution is -2.05. The highest BCUT2D eigenvalue weighted by Gasteiger charge is 2.22. The average molecular weight is 444 g/mol. The van der Waals surface area contributed by atoms with Crippen LogP contribution in [0.1, 0.15) is 21.6 Å². The molecule has 0 spiro atoms. The Balaban J connectivity index is 1.72. The number of para-hydroxylation sites is 1. The molecule has 33 heavy (non-hydrogen) atoms. The summed E-state index contributed by atoms with van der Waals surface area (Å²) < 4.78 is 23.9. The van der Waals surface area contributed by atoms with Crippen LogP contribution in [0.5, 0.6) is 23.3 Å². The number of carbonyl (C=O) groups excluding carboxylic acids is 1. The van der Waals surface area contributed by atoms with Gasteiger partial charge in [-0.05, 0) is 29.8 Å². The minimum atomic E-state index is -0.298. The van der Waals surface area contributed by atoms with Crippen molar-refractivity contribution in [1.82, 2.24) is 9.55 Å². The third-order valence-electron chi connectivity index (χ3n) is 5.08. The Morgan fingerprint density at radius 2 is 1.45 bits per heavy atom. The van der Waals surface area contributed by atoms with Crippen LogP contribution in [0, 0.1) is 0 Å². The minimum absolute atomic E-state index is 0.233. The maximum Gasteiger partial charge on any atom is 0.302 e. The van der Waals surface area contributed by atoms with E-state index in [1.54, 1.807) is 22.9 Å². The average Bonchev–Trinajstić information content (AvgIpc) is 3.31. The molecule has 7 heteroatoms. The second kappa shape index (κ2) is 9.91. The van der Waals surface area contributed by atoms with Crippen LogP contribution in [0.25, 0.3) is 5.69 Å². The van der Waals surface area contributed by atoms with Crippen LogP contribution in [0.2, 0.25) is 0 Å².